The van der Waals surface area contributed by atoms with E-state index in [1.165, 1.54) is 29.7 Å². The number of hydrogen-bond acceptors (Lipinski definition) is 6. The average Bonchev–Trinajstić information content (AvgIpc) is 3.34. The number of benzene rings is 3. The monoisotopic (exact) mass is 578 g/mol. The Morgan fingerprint density at radius 2 is 1.51 bits per heavy atom. The minimum Gasteiger partial charge on any atom is -0.495 e. The van der Waals surface area contributed by atoms with Crippen LogP contribution in [0.4, 0.5) is 16.2 Å². The van der Waals surface area contributed by atoms with E-state index in [1.807, 2.05) is 30.1 Å². The Bertz CT molecular complexity index is 1490. The number of piperazine rings is 1. The largest absolute Gasteiger partial charge is 0.495 e. The minimum absolute atomic E-state index is 0.0932. The Kier molecular flexibility index (Phi) is 6.37. The van der Waals surface area contributed by atoms with Gasteiger partial charge in [-0.05, 0) is 73.1 Å². The number of nitrogens with two attached hydrogens (primary N) is 1. The summed E-state index contributed by atoms with van der Waals surface area (Å²) in [5, 5.41) is 0. The predicted molar refractivity (Wildman–Crippen MR) is 169 cm³/mol. The molecule has 0 radical (unpaired) electrons. The molecule has 7 heteroatoms. The Morgan fingerprint density at radius 1 is 0.884 bits per heavy atom. The van der Waals surface area contributed by atoms with Gasteiger partial charge >= 0.3 is 6.09 Å². The molecule has 0 spiro atoms. The maximum atomic E-state index is 13.9. The Morgan fingerprint density at radius 3 is 2.14 bits per heavy atom. The third kappa shape index (κ3) is 4.30. The highest BCUT2D eigenvalue weighted by atomic mass is 16.6. The molecule has 4 bridgehead atoms. The van der Waals surface area contributed by atoms with Crippen LogP contribution in [0, 0.1) is 17.8 Å². The van der Waals surface area contributed by atoms with Crippen molar-refractivity contribution in [1.82, 2.24) is 9.80 Å². The lowest BCUT2D eigenvalue weighted by atomic mass is 9.50. The Hall–Kier alpha value is -3.71. The van der Waals surface area contributed by atoms with E-state index >= 15 is 0 Å². The highest BCUT2D eigenvalue weighted by Crippen LogP contribution is 2.59. The fourth-order valence-corrected chi connectivity index (χ4v) is 9.75. The van der Waals surface area contributed by atoms with E-state index in [-0.39, 0.29) is 17.7 Å². The van der Waals surface area contributed by atoms with Gasteiger partial charge < -0.3 is 25.0 Å². The highest BCUT2D eigenvalue weighted by molar-refractivity contribution is 5.80. The van der Waals surface area contributed by atoms with Crippen LogP contribution in [0.15, 0.2) is 66.7 Å². The molecule has 2 N–H and O–H groups in total. The third-order valence-corrected chi connectivity index (χ3v) is 11.5. The number of carbonyl (C=O) groups excluding carboxylic acids is 1. The summed E-state index contributed by atoms with van der Waals surface area (Å²) < 4.78 is 11.9. The number of nitrogens with zero attached hydrogens (tertiary/aromatic N) is 3. The van der Waals surface area contributed by atoms with Crippen molar-refractivity contribution < 1.29 is 14.3 Å². The number of amides is 1. The fraction of sp³-hybridized carbons (Fsp3) is 0.472. The molecule has 4 saturated carbocycles. The molecule has 2 unspecified atom stereocenters. The molecular formula is C36H42N4O3. The summed E-state index contributed by atoms with van der Waals surface area (Å²) in [6.07, 6.45) is 5.36. The van der Waals surface area contributed by atoms with E-state index in [1.54, 1.807) is 7.11 Å². The zero-order valence-corrected chi connectivity index (χ0v) is 25.2. The molecule has 5 fully saturated rings. The summed E-state index contributed by atoms with van der Waals surface area (Å²) in [5.74, 6) is 2.73. The van der Waals surface area contributed by atoms with E-state index in [9.17, 15) is 4.79 Å². The van der Waals surface area contributed by atoms with Crippen molar-refractivity contribution >= 4 is 17.5 Å². The molecule has 2 atom stereocenters. The van der Waals surface area contributed by atoms with Crippen LogP contribution in [0.25, 0.3) is 11.1 Å². The van der Waals surface area contributed by atoms with Crippen molar-refractivity contribution in [3.8, 4) is 16.9 Å². The second kappa shape index (κ2) is 10.2. The van der Waals surface area contributed by atoms with E-state index in [0.717, 1.165) is 62.3 Å². The molecule has 0 aromatic heterocycles. The van der Waals surface area contributed by atoms with Gasteiger partial charge in [0.05, 0.1) is 12.8 Å². The number of methoxy groups -OCH3 is 1. The molecule has 9 rings (SSSR count). The first-order valence-electron chi connectivity index (χ1n) is 16.0. The smallest absolute Gasteiger partial charge is 0.410 e. The molecule has 1 heterocycles. The van der Waals surface area contributed by atoms with Crippen molar-refractivity contribution in [2.75, 3.05) is 51.0 Å². The fourth-order valence-electron chi connectivity index (χ4n) is 9.75. The zero-order chi connectivity index (χ0) is 29.3. The number of nitrogen functional groups attached to an aromatic ring is 1. The lowest BCUT2D eigenvalue weighted by molar-refractivity contribution is -0.122. The van der Waals surface area contributed by atoms with Crippen LogP contribution in [0.3, 0.4) is 0 Å². The van der Waals surface area contributed by atoms with E-state index in [2.05, 4.69) is 58.3 Å². The second-order valence-corrected chi connectivity index (χ2v) is 13.6. The Labute approximate surface area is 254 Å². The van der Waals surface area contributed by atoms with Gasteiger partial charge in [0.2, 0.25) is 0 Å². The van der Waals surface area contributed by atoms with Gasteiger partial charge in [0, 0.05) is 67.7 Å². The maximum Gasteiger partial charge on any atom is 0.410 e. The quantitative estimate of drug-likeness (QED) is 0.365. The van der Waals surface area contributed by atoms with Gasteiger partial charge in [-0.2, -0.15) is 0 Å². The van der Waals surface area contributed by atoms with Gasteiger partial charge in [-0.3, -0.25) is 4.90 Å². The Balaban J connectivity index is 0.962. The molecule has 1 amide bonds. The SMILES string of the molecule is COc1cc(N2CCN(C3C4CC5CC3CC(N(C)C(=O)OC3c6ccccc6-c6ccccc63)(C5)C4)CC2)ccc1N. The summed E-state index contributed by atoms with van der Waals surface area (Å²) in [5.41, 5.74) is 12.4. The standard InChI is InChI=1S/C36H42N4O3/c1-38(35(41)43-34-29-9-5-3-7-27(29)28-8-4-6-10-30(28)34)36-20-23-17-24(21-36)33(25(18-23)22-36)40-15-13-39(14-16-40)26-11-12-31(37)32(19-26)42-2/h3-12,19,23-25,33-34H,13-18,20-22,37H2,1-2H3. The second-order valence-electron chi connectivity index (χ2n) is 13.6. The molecule has 5 aliphatic carbocycles. The van der Waals surface area contributed by atoms with Crippen LogP contribution in [0.1, 0.15) is 49.3 Å². The van der Waals surface area contributed by atoms with Gasteiger partial charge in [0.25, 0.3) is 0 Å². The van der Waals surface area contributed by atoms with Crippen molar-refractivity contribution in [2.24, 2.45) is 17.8 Å². The van der Waals surface area contributed by atoms with Crippen molar-refractivity contribution in [2.45, 2.75) is 49.8 Å². The van der Waals surface area contributed by atoms with Crippen LogP contribution in [-0.4, -0.2) is 67.8 Å². The molecule has 6 aliphatic rings. The number of rotatable bonds is 5. The molecule has 43 heavy (non-hydrogen) atoms. The van der Waals surface area contributed by atoms with E-state index < -0.39 is 0 Å². The van der Waals surface area contributed by atoms with Gasteiger partial charge in [-0.25, -0.2) is 4.79 Å². The summed E-state index contributed by atoms with van der Waals surface area (Å²) in [6, 6.07) is 23.4. The van der Waals surface area contributed by atoms with Crippen molar-refractivity contribution in [3.05, 3.63) is 77.9 Å². The highest BCUT2D eigenvalue weighted by Gasteiger charge is 2.59. The van der Waals surface area contributed by atoms with Crippen LogP contribution in [-0.2, 0) is 4.74 Å². The molecule has 7 nitrogen and oxygen atoms in total. The van der Waals surface area contributed by atoms with Gasteiger partial charge in [0.15, 0.2) is 6.10 Å². The van der Waals surface area contributed by atoms with E-state index in [0.29, 0.717) is 29.5 Å². The first-order chi connectivity index (χ1) is 20.9. The number of anilines is 2. The molecular weight excluding hydrogens is 536 g/mol. The topological polar surface area (TPSA) is 71.3 Å². The number of fused-ring (bicyclic) bond motifs is 3. The number of ether oxygens (including phenoxy) is 2. The summed E-state index contributed by atoms with van der Waals surface area (Å²) in [6.45, 7) is 4.16. The lowest BCUT2D eigenvalue weighted by Gasteiger charge is -2.64. The summed E-state index contributed by atoms with van der Waals surface area (Å²) in [4.78, 5) is 21.2. The molecule has 3 aromatic rings. The predicted octanol–water partition coefficient (Wildman–Crippen LogP) is 6.19. The zero-order valence-electron chi connectivity index (χ0n) is 25.2. The van der Waals surface area contributed by atoms with Gasteiger partial charge in [-0.15, -0.1) is 0 Å². The first kappa shape index (κ1) is 26.9. The number of hydrogen-bond donors (Lipinski definition) is 1. The summed E-state index contributed by atoms with van der Waals surface area (Å²) >= 11 is 0. The van der Waals surface area contributed by atoms with Crippen molar-refractivity contribution in [3.63, 3.8) is 0 Å². The van der Waals surface area contributed by atoms with E-state index in [4.69, 9.17) is 15.2 Å². The van der Waals surface area contributed by atoms with Gasteiger partial charge in [0.1, 0.15) is 5.75 Å². The lowest BCUT2D eigenvalue weighted by Crippen LogP contribution is -2.68. The molecule has 224 valence electrons. The minimum atomic E-state index is -0.346. The third-order valence-electron chi connectivity index (χ3n) is 11.5. The number of carbonyl (C=O) groups is 1. The van der Waals surface area contributed by atoms with Crippen LogP contribution >= 0.6 is 0 Å². The van der Waals surface area contributed by atoms with Crippen LogP contribution < -0.4 is 15.4 Å². The average molecular weight is 579 g/mol. The summed E-state index contributed by atoms with van der Waals surface area (Å²) in [7, 11) is 3.69. The maximum absolute atomic E-state index is 13.9. The molecule has 1 aliphatic heterocycles. The van der Waals surface area contributed by atoms with Gasteiger partial charge in [-0.1, -0.05) is 48.5 Å². The molecule has 1 saturated heterocycles. The first-order valence-corrected chi connectivity index (χ1v) is 16.0. The van der Waals surface area contributed by atoms with Crippen LogP contribution in [0.5, 0.6) is 5.75 Å². The van der Waals surface area contributed by atoms with Crippen LogP contribution in [0.2, 0.25) is 0 Å². The molecule has 3 aromatic carbocycles. The van der Waals surface area contributed by atoms with Crippen molar-refractivity contribution in [1.29, 1.82) is 0 Å². The normalized spacial score (nSPS) is 29.3.